The number of nitrogens with two attached hydrogens (primary N) is 2. The van der Waals surface area contributed by atoms with Crippen LogP contribution in [0.25, 0.3) is 0 Å². The number of anilines is 2. The molecule has 0 aliphatic rings. The Bertz CT molecular complexity index is 905. The zero-order valence-corrected chi connectivity index (χ0v) is 17.6. The molecule has 0 unspecified atom stereocenters. The van der Waals surface area contributed by atoms with Crippen LogP contribution in [0.1, 0.15) is 13.8 Å². The van der Waals surface area contributed by atoms with Gasteiger partial charge in [0.05, 0.1) is 9.79 Å². The quantitative estimate of drug-likeness (QED) is 0.586. The molecule has 154 valence electrons. The maximum absolute atomic E-state index is 12.8. The van der Waals surface area contributed by atoms with Gasteiger partial charge in [-0.2, -0.15) is 8.61 Å². The van der Waals surface area contributed by atoms with Crippen molar-refractivity contribution in [1.29, 1.82) is 0 Å². The van der Waals surface area contributed by atoms with Gasteiger partial charge in [0, 0.05) is 37.6 Å². The average molecular weight is 427 g/mol. The standard InChI is InChI=1S/C18H26N4O4S2/c1-3-21(27(23,24)17-9-5-15(19)6-10-17)13-14-22(4-2)28(25,26)18-11-7-16(20)8-12-18/h5-12H,3-4,13-14,19-20H2,1-2H3. The Morgan fingerprint density at radius 1 is 0.643 bits per heavy atom. The fraction of sp³-hybridized carbons (Fsp3) is 0.333. The monoisotopic (exact) mass is 426 g/mol. The molecule has 8 nitrogen and oxygen atoms in total. The van der Waals surface area contributed by atoms with E-state index in [9.17, 15) is 16.8 Å². The third-order valence-corrected chi connectivity index (χ3v) is 8.32. The van der Waals surface area contributed by atoms with Crippen LogP contribution in [-0.4, -0.2) is 51.6 Å². The Morgan fingerprint density at radius 3 is 1.18 bits per heavy atom. The summed E-state index contributed by atoms with van der Waals surface area (Å²) in [5.74, 6) is 0. The first-order valence-corrected chi connectivity index (χ1v) is 11.7. The summed E-state index contributed by atoms with van der Waals surface area (Å²) < 4.78 is 53.8. The topological polar surface area (TPSA) is 127 Å². The average Bonchev–Trinajstić information content (AvgIpc) is 2.65. The molecule has 0 bridgehead atoms. The van der Waals surface area contributed by atoms with E-state index < -0.39 is 20.0 Å². The minimum atomic E-state index is -3.75. The number of benzene rings is 2. The molecule has 0 amide bonds. The lowest BCUT2D eigenvalue weighted by atomic mass is 10.3. The van der Waals surface area contributed by atoms with Crippen molar-refractivity contribution in [2.45, 2.75) is 23.6 Å². The van der Waals surface area contributed by atoms with Crippen molar-refractivity contribution in [3.63, 3.8) is 0 Å². The minimum Gasteiger partial charge on any atom is -0.399 e. The van der Waals surface area contributed by atoms with Crippen LogP contribution in [-0.2, 0) is 20.0 Å². The van der Waals surface area contributed by atoms with Crippen LogP contribution in [0.4, 0.5) is 11.4 Å². The molecule has 0 spiro atoms. The summed E-state index contributed by atoms with van der Waals surface area (Å²) in [6, 6.07) is 11.8. The van der Waals surface area contributed by atoms with E-state index >= 15 is 0 Å². The molecule has 2 aromatic rings. The van der Waals surface area contributed by atoms with E-state index in [1.807, 2.05) is 0 Å². The molecule has 4 N–H and O–H groups in total. The molecule has 0 saturated carbocycles. The van der Waals surface area contributed by atoms with Gasteiger partial charge in [-0.25, -0.2) is 16.8 Å². The lowest BCUT2D eigenvalue weighted by molar-refractivity contribution is 0.359. The molecular weight excluding hydrogens is 400 g/mol. The first kappa shape index (κ1) is 22.2. The van der Waals surface area contributed by atoms with Crippen LogP contribution in [0.3, 0.4) is 0 Å². The molecule has 0 radical (unpaired) electrons. The molecule has 10 heteroatoms. The highest BCUT2D eigenvalue weighted by atomic mass is 32.2. The Kier molecular flexibility index (Phi) is 7.05. The Labute approximate surface area is 166 Å². The van der Waals surface area contributed by atoms with Crippen LogP contribution < -0.4 is 11.5 Å². The number of likely N-dealkylation sites (N-methyl/N-ethyl adjacent to an activating group) is 2. The molecule has 0 fully saturated rings. The van der Waals surface area contributed by atoms with Crippen molar-refractivity contribution in [2.75, 3.05) is 37.6 Å². The third kappa shape index (κ3) is 4.82. The second-order valence-corrected chi connectivity index (χ2v) is 10.0. The molecule has 0 aliphatic carbocycles. The summed E-state index contributed by atoms with van der Waals surface area (Å²) >= 11 is 0. The van der Waals surface area contributed by atoms with Crippen molar-refractivity contribution in [1.82, 2.24) is 8.61 Å². The highest BCUT2D eigenvalue weighted by molar-refractivity contribution is 7.89. The SMILES string of the molecule is CCN(CCN(CC)S(=O)(=O)c1ccc(N)cc1)S(=O)(=O)c1ccc(N)cc1. The predicted octanol–water partition coefficient (Wildman–Crippen LogP) is 1.57. The Morgan fingerprint density at radius 2 is 0.929 bits per heavy atom. The zero-order chi connectivity index (χ0) is 20.9. The number of rotatable bonds is 9. The third-order valence-electron chi connectivity index (χ3n) is 4.34. The van der Waals surface area contributed by atoms with E-state index in [2.05, 4.69) is 0 Å². The summed E-state index contributed by atoms with van der Waals surface area (Å²) in [6.45, 7) is 3.91. The number of nitrogens with zero attached hydrogens (tertiary/aromatic N) is 2. The van der Waals surface area contributed by atoms with E-state index in [0.29, 0.717) is 11.4 Å². The fourth-order valence-corrected chi connectivity index (χ4v) is 5.58. The van der Waals surface area contributed by atoms with Crippen molar-refractivity contribution in [2.24, 2.45) is 0 Å². The molecule has 0 saturated heterocycles. The number of sulfonamides is 2. The fourth-order valence-electron chi connectivity index (χ4n) is 2.70. The van der Waals surface area contributed by atoms with Gasteiger partial charge in [0.2, 0.25) is 20.0 Å². The smallest absolute Gasteiger partial charge is 0.243 e. The van der Waals surface area contributed by atoms with Crippen LogP contribution in [0.2, 0.25) is 0 Å². The Balaban J connectivity index is 2.20. The maximum atomic E-state index is 12.8. The van der Waals surface area contributed by atoms with Crippen LogP contribution in [0, 0.1) is 0 Å². The van der Waals surface area contributed by atoms with E-state index in [0.717, 1.165) is 0 Å². The van der Waals surface area contributed by atoms with E-state index in [1.54, 1.807) is 13.8 Å². The molecule has 28 heavy (non-hydrogen) atoms. The van der Waals surface area contributed by atoms with Gasteiger partial charge in [-0.05, 0) is 48.5 Å². The van der Waals surface area contributed by atoms with Crippen LogP contribution in [0.5, 0.6) is 0 Å². The summed E-state index contributed by atoms with van der Waals surface area (Å²) in [6.07, 6.45) is 0. The lowest BCUT2D eigenvalue weighted by Gasteiger charge is -2.25. The van der Waals surface area contributed by atoms with Crippen molar-refractivity contribution >= 4 is 31.4 Å². The molecular formula is C18H26N4O4S2. The summed E-state index contributed by atoms with van der Waals surface area (Å²) in [5, 5.41) is 0. The zero-order valence-electron chi connectivity index (χ0n) is 15.9. The molecule has 2 aromatic carbocycles. The van der Waals surface area contributed by atoms with Gasteiger partial charge in [0.25, 0.3) is 0 Å². The predicted molar refractivity (Wildman–Crippen MR) is 111 cm³/mol. The summed E-state index contributed by atoms with van der Waals surface area (Å²) in [5.41, 5.74) is 12.2. The van der Waals surface area contributed by atoms with Gasteiger partial charge in [-0.1, -0.05) is 13.8 Å². The van der Waals surface area contributed by atoms with Crippen molar-refractivity contribution in [3.05, 3.63) is 48.5 Å². The lowest BCUT2D eigenvalue weighted by Crippen LogP contribution is -2.41. The first-order valence-electron chi connectivity index (χ1n) is 8.84. The molecule has 0 aromatic heterocycles. The van der Waals surface area contributed by atoms with Gasteiger partial charge in [-0.15, -0.1) is 0 Å². The van der Waals surface area contributed by atoms with E-state index in [4.69, 9.17) is 11.5 Å². The highest BCUT2D eigenvalue weighted by Crippen LogP contribution is 2.19. The second kappa shape index (κ2) is 8.91. The van der Waals surface area contributed by atoms with Gasteiger partial charge in [-0.3, -0.25) is 0 Å². The number of nitrogen functional groups attached to an aromatic ring is 2. The van der Waals surface area contributed by atoms with Gasteiger partial charge < -0.3 is 11.5 Å². The summed E-state index contributed by atoms with van der Waals surface area (Å²) in [4.78, 5) is 0.237. The Hall–Kier alpha value is -2.14. The number of hydrogen-bond acceptors (Lipinski definition) is 6. The van der Waals surface area contributed by atoms with Gasteiger partial charge in [0.1, 0.15) is 0 Å². The van der Waals surface area contributed by atoms with E-state index in [1.165, 1.54) is 57.1 Å². The normalized spacial score (nSPS) is 12.6. The minimum absolute atomic E-state index is 0.0330. The molecule has 0 heterocycles. The molecule has 2 rings (SSSR count). The highest BCUT2D eigenvalue weighted by Gasteiger charge is 2.27. The van der Waals surface area contributed by atoms with Crippen molar-refractivity contribution < 1.29 is 16.8 Å². The maximum Gasteiger partial charge on any atom is 0.243 e. The van der Waals surface area contributed by atoms with Crippen LogP contribution >= 0.6 is 0 Å². The largest absolute Gasteiger partial charge is 0.399 e. The second-order valence-electron chi connectivity index (χ2n) is 6.13. The molecule has 0 aliphatic heterocycles. The number of hydrogen-bond donors (Lipinski definition) is 2. The molecule has 0 atom stereocenters. The first-order chi connectivity index (χ1) is 13.1. The van der Waals surface area contributed by atoms with Gasteiger partial charge >= 0.3 is 0 Å². The van der Waals surface area contributed by atoms with Crippen LogP contribution in [0.15, 0.2) is 58.3 Å². The van der Waals surface area contributed by atoms with Gasteiger partial charge in [0.15, 0.2) is 0 Å². The summed E-state index contributed by atoms with van der Waals surface area (Å²) in [7, 11) is -7.50. The van der Waals surface area contributed by atoms with Crippen molar-refractivity contribution in [3.8, 4) is 0 Å². The van der Waals surface area contributed by atoms with E-state index in [-0.39, 0.29) is 36.0 Å².